The Morgan fingerprint density at radius 1 is 1.12 bits per heavy atom. The van der Waals surface area contributed by atoms with Crippen molar-refractivity contribution in [1.82, 2.24) is 0 Å². The molecular formula is C2HO5Sb. The van der Waals surface area contributed by atoms with Crippen LogP contribution in [0.2, 0.25) is 0 Å². The molecule has 0 aromatic carbocycles. The molecule has 0 aliphatic rings. The standard InChI is InChI=1S/C2H2O4.H2O.Sb/c3-1(4)2(5)6;;/h(H,3,4)(H,5,6);1H2;/q;;+3/p-3. The van der Waals surface area contributed by atoms with E-state index in [1.54, 1.807) is 0 Å². The molecule has 5 nitrogen and oxygen atoms in total. The molecule has 0 atom stereocenters. The minimum absolute atomic E-state index is 0.750. The van der Waals surface area contributed by atoms with Gasteiger partial charge in [0.1, 0.15) is 0 Å². The number of hydrogen-bond acceptors (Lipinski definition) is 5. The normalized spacial score (nSPS) is 6.12. The number of carboxylic acids is 2. The summed E-state index contributed by atoms with van der Waals surface area (Å²) in [4.78, 5) is 17.9. The van der Waals surface area contributed by atoms with Crippen LogP contribution in [-0.2, 0) is 9.59 Å². The van der Waals surface area contributed by atoms with E-state index in [2.05, 4.69) is 0 Å². The Morgan fingerprint density at radius 3 is 1.25 bits per heavy atom. The molecule has 1 N–H and O–H groups in total. The van der Waals surface area contributed by atoms with Crippen LogP contribution in [0.15, 0.2) is 0 Å². The summed E-state index contributed by atoms with van der Waals surface area (Å²) in [6.07, 6.45) is 0. The summed E-state index contributed by atoms with van der Waals surface area (Å²) in [5, 5.41) is 17.9. The molecule has 0 amide bonds. The maximum atomic E-state index is 8.93. The molecule has 0 saturated heterocycles. The van der Waals surface area contributed by atoms with Crippen LogP contribution in [0.25, 0.3) is 0 Å². The molecule has 0 aromatic heterocycles. The molecule has 0 aliphatic heterocycles. The van der Waals surface area contributed by atoms with Gasteiger partial charge in [-0.25, -0.2) is 0 Å². The first-order valence-corrected chi connectivity index (χ1v) is 2.41. The van der Waals surface area contributed by atoms with Crippen molar-refractivity contribution >= 4 is 35.4 Å². The Labute approximate surface area is 59.0 Å². The van der Waals surface area contributed by atoms with Crippen LogP contribution in [0, 0.1) is 0 Å². The van der Waals surface area contributed by atoms with Gasteiger partial charge in [0, 0.05) is 0 Å². The van der Waals surface area contributed by atoms with Crippen LogP contribution in [0.3, 0.4) is 0 Å². The van der Waals surface area contributed by atoms with Gasteiger partial charge in [0.25, 0.3) is 0 Å². The van der Waals surface area contributed by atoms with Gasteiger partial charge in [-0.05, 0) is 0 Å². The first kappa shape index (κ1) is 10.7. The van der Waals surface area contributed by atoms with Crippen molar-refractivity contribution in [3.05, 3.63) is 0 Å². The Morgan fingerprint density at radius 2 is 1.25 bits per heavy atom. The molecule has 0 spiro atoms. The van der Waals surface area contributed by atoms with Crippen LogP contribution in [0.4, 0.5) is 0 Å². The Bertz CT molecular complexity index is 76.4. The zero-order chi connectivity index (χ0) is 7.15. The van der Waals surface area contributed by atoms with Crippen molar-refractivity contribution < 1.29 is 23.2 Å². The number of carbonyl (C=O) groups excluding carboxylic acids is 2. The minimum atomic E-state index is -2.19. The molecule has 0 rings (SSSR count). The van der Waals surface area contributed by atoms with Crippen LogP contribution >= 0.6 is 0 Å². The molecule has 44 valence electrons. The topological polar surface area (TPSA) is 100 Å². The average Bonchev–Trinajstić information content (AvgIpc) is 1.72. The van der Waals surface area contributed by atoms with Crippen molar-refractivity contribution in [1.29, 1.82) is 0 Å². The fourth-order valence-corrected chi connectivity index (χ4v) is 0. The summed E-state index contributed by atoms with van der Waals surface area (Å²) in [7, 11) is 0. The third-order valence-electron chi connectivity index (χ3n) is 0.167. The third kappa shape index (κ3) is 9.21. The van der Waals surface area contributed by atoms with E-state index < -0.39 is 11.9 Å². The number of rotatable bonds is 0. The van der Waals surface area contributed by atoms with E-state index in [9.17, 15) is 0 Å². The zero-order valence-electron chi connectivity index (χ0n) is 3.53. The van der Waals surface area contributed by atoms with E-state index in [1.165, 1.54) is 0 Å². The molecular weight excluding hydrogens is 226 g/mol. The molecule has 8 heavy (non-hydrogen) atoms. The summed E-state index contributed by atoms with van der Waals surface area (Å²) in [5.74, 6) is -4.37. The van der Waals surface area contributed by atoms with Crippen molar-refractivity contribution in [2.75, 3.05) is 0 Å². The van der Waals surface area contributed by atoms with Gasteiger partial charge in [-0.1, -0.05) is 0 Å². The van der Waals surface area contributed by atoms with Crippen LogP contribution < -0.4 is 10.2 Å². The number of carboxylic acid groups (broad SMARTS) is 2. The molecule has 0 bridgehead atoms. The van der Waals surface area contributed by atoms with E-state index in [0.717, 1.165) is 23.4 Å². The van der Waals surface area contributed by atoms with E-state index in [-0.39, 0.29) is 0 Å². The van der Waals surface area contributed by atoms with Gasteiger partial charge >= 0.3 is 26.8 Å². The molecule has 0 unspecified atom stereocenters. The van der Waals surface area contributed by atoms with Crippen molar-refractivity contribution in [3.8, 4) is 0 Å². The van der Waals surface area contributed by atoms with E-state index >= 15 is 0 Å². The van der Waals surface area contributed by atoms with Crippen LogP contribution in [-0.4, -0.2) is 38.8 Å². The summed E-state index contributed by atoms with van der Waals surface area (Å²) >= 11 is 0.750. The van der Waals surface area contributed by atoms with E-state index in [4.69, 9.17) is 23.2 Å². The molecule has 6 heteroatoms. The quantitative estimate of drug-likeness (QED) is 0.332. The second-order valence-electron chi connectivity index (χ2n) is 0.575. The first-order valence-electron chi connectivity index (χ1n) is 1.27. The Balaban J connectivity index is 0. The third-order valence-corrected chi connectivity index (χ3v) is 0.167. The van der Waals surface area contributed by atoms with E-state index in [1.807, 2.05) is 0 Å². The fourth-order valence-electron chi connectivity index (χ4n) is 0. The summed E-state index contributed by atoms with van der Waals surface area (Å²) in [6.45, 7) is 0. The van der Waals surface area contributed by atoms with Crippen LogP contribution in [0.1, 0.15) is 0 Å². The second-order valence-corrected chi connectivity index (χ2v) is 0.575. The Hall–Kier alpha value is -0.282. The van der Waals surface area contributed by atoms with Gasteiger partial charge in [-0.15, -0.1) is 0 Å². The van der Waals surface area contributed by atoms with Crippen molar-refractivity contribution in [2.24, 2.45) is 0 Å². The first-order chi connectivity index (χ1) is 3.64. The van der Waals surface area contributed by atoms with Crippen molar-refractivity contribution in [2.45, 2.75) is 0 Å². The number of carbonyl (C=O) groups is 2. The summed E-state index contributed by atoms with van der Waals surface area (Å²) in [5.41, 5.74) is 0. The average molecular weight is 227 g/mol. The van der Waals surface area contributed by atoms with Gasteiger partial charge in [-0.2, -0.15) is 0 Å². The summed E-state index contributed by atoms with van der Waals surface area (Å²) in [6, 6.07) is 0. The van der Waals surface area contributed by atoms with Gasteiger partial charge in [0.15, 0.2) is 0 Å². The number of hydrogen-bond donors (Lipinski definition) is 1. The van der Waals surface area contributed by atoms with Gasteiger partial charge in [0.05, 0.1) is 11.9 Å². The summed E-state index contributed by atoms with van der Waals surface area (Å²) < 4.78 is 7.05. The van der Waals surface area contributed by atoms with Gasteiger partial charge in [-0.3, -0.25) is 0 Å². The molecule has 0 heterocycles. The SMILES string of the molecule is O=C([O-])C(=O)[O-].[OH][Sb+2]. The molecule has 2 radical (unpaired) electrons. The maximum absolute atomic E-state index is 8.93. The fraction of sp³-hybridized carbons (Fsp3) is 0. The molecule has 0 aliphatic carbocycles. The van der Waals surface area contributed by atoms with Crippen LogP contribution in [0.5, 0.6) is 0 Å². The van der Waals surface area contributed by atoms with Gasteiger partial charge < -0.3 is 19.8 Å². The molecule has 0 saturated carbocycles. The second kappa shape index (κ2) is 6.72. The molecule has 0 aromatic rings. The predicted octanol–water partition coefficient (Wildman–Crippen LogP) is -4.45. The Kier molecular flexibility index (Phi) is 8.95. The zero-order valence-corrected chi connectivity index (χ0v) is 6.08. The number of aliphatic carboxylic acids is 2. The molecule has 0 fully saturated rings. The monoisotopic (exact) mass is 226 g/mol. The van der Waals surface area contributed by atoms with E-state index in [0.29, 0.717) is 0 Å². The van der Waals surface area contributed by atoms with Crippen molar-refractivity contribution in [3.63, 3.8) is 0 Å². The predicted molar refractivity (Wildman–Crippen MR) is 18.0 cm³/mol. The van der Waals surface area contributed by atoms with Gasteiger partial charge in [0.2, 0.25) is 0 Å².